The van der Waals surface area contributed by atoms with Crippen LogP contribution in [0.1, 0.15) is 0 Å². The molecule has 0 aromatic carbocycles. The Kier molecular flexibility index (Phi) is 2.23. The molecule has 65 valence electrons. The van der Waals surface area contributed by atoms with E-state index in [9.17, 15) is 0 Å². The summed E-state index contributed by atoms with van der Waals surface area (Å²) in [4.78, 5) is 8.02. The normalized spacial score (nSPS) is 9.92. The van der Waals surface area contributed by atoms with E-state index in [1.54, 1.807) is 19.5 Å². The molecule has 0 aliphatic rings. The Morgan fingerprint density at radius 1 is 1.31 bits per heavy atom. The van der Waals surface area contributed by atoms with Gasteiger partial charge < -0.3 is 4.74 Å². The molecule has 0 fully saturated rings. The lowest BCUT2D eigenvalue weighted by atomic mass is 10.2. The van der Waals surface area contributed by atoms with Crippen molar-refractivity contribution < 1.29 is 4.74 Å². The second kappa shape index (κ2) is 3.53. The van der Waals surface area contributed by atoms with Crippen molar-refractivity contribution in [2.24, 2.45) is 0 Å². The number of ether oxygens (including phenoxy) is 1. The van der Waals surface area contributed by atoms with Crippen LogP contribution >= 0.6 is 11.3 Å². The van der Waals surface area contributed by atoms with Gasteiger partial charge in [0.1, 0.15) is 0 Å². The van der Waals surface area contributed by atoms with Crippen LogP contribution in [0.4, 0.5) is 0 Å². The van der Waals surface area contributed by atoms with Crippen LogP contribution in [0.15, 0.2) is 23.8 Å². The van der Waals surface area contributed by atoms with E-state index in [1.807, 2.05) is 11.4 Å². The molecule has 2 rings (SSSR count). The fourth-order valence-electron chi connectivity index (χ4n) is 0.951. The zero-order valence-electron chi connectivity index (χ0n) is 7.02. The molecule has 0 saturated heterocycles. The number of hydrogen-bond acceptors (Lipinski definition) is 4. The monoisotopic (exact) mass is 191 g/mol. The number of rotatable bonds is 2. The highest BCUT2D eigenvalue weighted by atomic mass is 32.1. The standard InChI is InChI=1S/C9H7N2OS/c1-12-9-10-4-8(5-11-9)7-2-3-13-6-7/h2,4-6H,1H3. The average molecular weight is 191 g/mol. The molecular formula is C9H7N2OS. The molecule has 0 aliphatic carbocycles. The van der Waals surface area contributed by atoms with Crippen LogP contribution < -0.4 is 4.74 Å². The number of nitrogens with zero attached hydrogens (tertiary/aromatic N) is 2. The summed E-state index contributed by atoms with van der Waals surface area (Å²) in [6.07, 6.45) is 3.48. The second-order valence-corrected chi connectivity index (χ2v) is 3.12. The van der Waals surface area contributed by atoms with Crippen molar-refractivity contribution >= 4 is 11.3 Å². The minimum atomic E-state index is 0.392. The molecule has 2 heterocycles. The number of methoxy groups -OCH3 is 1. The average Bonchev–Trinajstić information content (AvgIpc) is 2.71. The summed E-state index contributed by atoms with van der Waals surface area (Å²) in [6.45, 7) is 0. The summed E-state index contributed by atoms with van der Waals surface area (Å²) in [5, 5.41) is 5.02. The van der Waals surface area contributed by atoms with Crippen molar-refractivity contribution in [3.8, 4) is 17.1 Å². The molecule has 3 nitrogen and oxygen atoms in total. The summed E-state index contributed by atoms with van der Waals surface area (Å²) in [5.74, 6) is 0. The van der Waals surface area contributed by atoms with E-state index < -0.39 is 0 Å². The van der Waals surface area contributed by atoms with Crippen LogP contribution in [-0.2, 0) is 0 Å². The molecular weight excluding hydrogens is 184 g/mol. The van der Waals surface area contributed by atoms with Gasteiger partial charge in [-0.05, 0) is 17.0 Å². The first-order chi connectivity index (χ1) is 6.40. The van der Waals surface area contributed by atoms with E-state index >= 15 is 0 Å². The van der Waals surface area contributed by atoms with Gasteiger partial charge in [-0.2, -0.15) is 0 Å². The fourth-order valence-corrected chi connectivity index (χ4v) is 1.55. The van der Waals surface area contributed by atoms with Gasteiger partial charge >= 0.3 is 6.01 Å². The fraction of sp³-hybridized carbons (Fsp3) is 0.111. The third-order valence-electron chi connectivity index (χ3n) is 1.61. The minimum absolute atomic E-state index is 0.392. The van der Waals surface area contributed by atoms with E-state index in [0.717, 1.165) is 11.1 Å². The topological polar surface area (TPSA) is 35.0 Å². The van der Waals surface area contributed by atoms with Crippen molar-refractivity contribution in [2.45, 2.75) is 0 Å². The molecule has 2 aromatic heterocycles. The van der Waals surface area contributed by atoms with E-state index in [0.29, 0.717) is 6.01 Å². The Balaban J connectivity index is 2.33. The van der Waals surface area contributed by atoms with Crippen LogP contribution in [0.25, 0.3) is 11.1 Å². The van der Waals surface area contributed by atoms with Gasteiger partial charge in [0.15, 0.2) is 0 Å². The van der Waals surface area contributed by atoms with E-state index in [1.165, 1.54) is 11.3 Å². The lowest BCUT2D eigenvalue weighted by Crippen LogP contribution is -1.90. The molecule has 0 aliphatic heterocycles. The SMILES string of the molecule is COc1ncc(-c2c[c]sc2)cn1. The zero-order chi connectivity index (χ0) is 9.10. The van der Waals surface area contributed by atoms with Crippen molar-refractivity contribution in [1.82, 2.24) is 9.97 Å². The zero-order valence-corrected chi connectivity index (χ0v) is 7.84. The molecule has 0 amide bonds. The Morgan fingerprint density at radius 3 is 2.62 bits per heavy atom. The maximum Gasteiger partial charge on any atom is 0.316 e. The van der Waals surface area contributed by atoms with Gasteiger partial charge in [-0.25, -0.2) is 9.97 Å². The highest BCUT2D eigenvalue weighted by Crippen LogP contribution is 2.20. The third kappa shape index (κ3) is 1.67. The quantitative estimate of drug-likeness (QED) is 0.728. The lowest BCUT2D eigenvalue weighted by molar-refractivity contribution is 0.380. The van der Waals surface area contributed by atoms with E-state index in [2.05, 4.69) is 15.3 Å². The predicted octanol–water partition coefficient (Wildman–Crippen LogP) is 2.01. The maximum atomic E-state index is 4.86. The van der Waals surface area contributed by atoms with Crippen molar-refractivity contribution in [3.05, 3.63) is 29.2 Å². The molecule has 0 spiro atoms. The second-order valence-electron chi connectivity index (χ2n) is 2.41. The summed E-state index contributed by atoms with van der Waals surface area (Å²) in [6, 6.07) is 2.30. The molecule has 4 heteroatoms. The van der Waals surface area contributed by atoms with Crippen molar-refractivity contribution in [2.75, 3.05) is 7.11 Å². The van der Waals surface area contributed by atoms with Crippen LogP contribution in [0.2, 0.25) is 0 Å². The maximum absolute atomic E-state index is 4.86. The highest BCUT2D eigenvalue weighted by molar-refractivity contribution is 7.07. The van der Waals surface area contributed by atoms with Gasteiger partial charge in [0.05, 0.1) is 7.11 Å². The van der Waals surface area contributed by atoms with Crippen LogP contribution in [0.5, 0.6) is 6.01 Å². The molecule has 0 atom stereocenters. The predicted molar refractivity (Wildman–Crippen MR) is 50.7 cm³/mol. The van der Waals surface area contributed by atoms with Crippen LogP contribution in [0.3, 0.4) is 0 Å². The lowest BCUT2D eigenvalue weighted by Gasteiger charge is -1.98. The minimum Gasteiger partial charge on any atom is -0.467 e. The largest absolute Gasteiger partial charge is 0.467 e. The van der Waals surface area contributed by atoms with E-state index in [4.69, 9.17) is 4.74 Å². The first kappa shape index (κ1) is 8.19. The molecule has 0 N–H and O–H groups in total. The third-order valence-corrected chi connectivity index (χ3v) is 2.24. The molecule has 13 heavy (non-hydrogen) atoms. The number of aromatic nitrogens is 2. The smallest absolute Gasteiger partial charge is 0.316 e. The number of thiophene rings is 1. The molecule has 1 radical (unpaired) electrons. The number of hydrogen-bond donors (Lipinski definition) is 0. The molecule has 0 unspecified atom stereocenters. The van der Waals surface area contributed by atoms with E-state index in [-0.39, 0.29) is 0 Å². The highest BCUT2D eigenvalue weighted by Gasteiger charge is 1.99. The van der Waals surface area contributed by atoms with Gasteiger partial charge in [-0.15, -0.1) is 11.3 Å². The first-order valence-electron chi connectivity index (χ1n) is 3.71. The van der Waals surface area contributed by atoms with Gasteiger partial charge in [0, 0.05) is 23.3 Å². The van der Waals surface area contributed by atoms with Gasteiger partial charge in [-0.1, -0.05) is 0 Å². The summed E-state index contributed by atoms with van der Waals surface area (Å²) in [5.41, 5.74) is 2.07. The van der Waals surface area contributed by atoms with Gasteiger partial charge in [-0.3, -0.25) is 0 Å². The first-order valence-corrected chi connectivity index (χ1v) is 4.59. The molecule has 0 saturated carbocycles. The molecule has 0 bridgehead atoms. The van der Waals surface area contributed by atoms with Crippen LogP contribution in [0, 0.1) is 5.38 Å². The Hall–Kier alpha value is -1.42. The summed E-state index contributed by atoms with van der Waals surface area (Å²) < 4.78 is 4.86. The van der Waals surface area contributed by atoms with Crippen LogP contribution in [-0.4, -0.2) is 17.1 Å². The Labute approximate surface area is 80.0 Å². The van der Waals surface area contributed by atoms with Crippen molar-refractivity contribution in [3.63, 3.8) is 0 Å². The summed E-state index contributed by atoms with van der Waals surface area (Å²) in [7, 11) is 1.55. The Bertz CT molecular complexity index is 369. The van der Waals surface area contributed by atoms with Crippen molar-refractivity contribution in [1.29, 1.82) is 0 Å². The Morgan fingerprint density at radius 2 is 2.08 bits per heavy atom. The summed E-state index contributed by atoms with van der Waals surface area (Å²) >= 11 is 1.53. The van der Waals surface area contributed by atoms with Gasteiger partial charge in [0.2, 0.25) is 0 Å². The van der Waals surface area contributed by atoms with Gasteiger partial charge in [0.25, 0.3) is 0 Å². The molecule has 2 aromatic rings.